The second-order valence-corrected chi connectivity index (χ2v) is 4.53. The maximum absolute atomic E-state index is 6.01. The van der Waals surface area contributed by atoms with Gasteiger partial charge in [0.2, 0.25) is 0 Å². The van der Waals surface area contributed by atoms with Gasteiger partial charge in [-0.25, -0.2) is 0 Å². The Hall–Kier alpha value is -2.74. The fourth-order valence-electron chi connectivity index (χ4n) is 2.11. The smallest absolute Gasteiger partial charge is 0.128 e. The van der Waals surface area contributed by atoms with Crippen molar-refractivity contribution < 1.29 is 4.74 Å². The number of nitrogens with two attached hydrogens (primary N) is 1. The zero-order chi connectivity index (χ0) is 13.8. The molecular formula is C18H15NO. The van der Waals surface area contributed by atoms with E-state index in [1.54, 1.807) is 0 Å². The highest BCUT2D eigenvalue weighted by Crippen LogP contribution is 2.30. The summed E-state index contributed by atoms with van der Waals surface area (Å²) in [5.74, 6) is 1.63. The molecule has 0 atom stereocenters. The van der Waals surface area contributed by atoms with Gasteiger partial charge in [0.1, 0.15) is 11.5 Å². The lowest BCUT2D eigenvalue weighted by molar-refractivity contribution is 0.483. The first-order chi connectivity index (χ1) is 9.83. The van der Waals surface area contributed by atoms with Gasteiger partial charge >= 0.3 is 0 Å². The Labute approximate surface area is 118 Å². The van der Waals surface area contributed by atoms with E-state index < -0.39 is 0 Å². The number of nitrogen functional groups attached to an aromatic ring is 1. The molecule has 0 aromatic heterocycles. The van der Waals surface area contributed by atoms with E-state index in [0.29, 0.717) is 0 Å². The molecule has 0 amide bonds. The molecule has 0 spiro atoms. The zero-order valence-corrected chi connectivity index (χ0v) is 11.0. The van der Waals surface area contributed by atoms with Crippen molar-refractivity contribution in [2.45, 2.75) is 0 Å². The quantitative estimate of drug-likeness (QED) is 0.692. The van der Waals surface area contributed by atoms with Crippen molar-refractivity contribution in [2.24, 2.45) is 0 Å². The van der Waals surface area contributed by atoms with E-state index in [4.69, 9.17) is 10.5 Å². The SMILES string of the molecule is Nc1ccccc1-c1cccc(Oc2ccccc2)c1. The molecule has 0 radical (unpaired) electrons. The van der Waals surface area contributed by atoms with Gasteiger partial charge in [-0.2, -0.15) is 0 Å². The largest absolute Gasteiger partial charge is 0.457 e. The Morgan fingerprint density at radius 1 is 0.650 bits per heavy atom. The van der Waals surface area contributed by atoms with Crippen LogP contribution in [0.4, 0.5) is 5.69 Å². The van der Waals surface area contributed by atoms with Crippen molar-refractivity contribution in [3.63, 3.8) is 0 Å². The third-order valence-corrected chi connectivity index (χ3v) is 3.08. The van der Waals surface area contributed by atoms with Crippen molar-refractivity contribution in [3.05, 3.63) is 78.9 Å². The number of ether oxygens (including phenoxy) is 1. The summed E-state index contributed by atoms with van der Waals surface area (Å²) in [6.45, 7) is 0. The summed E-state index contributed by atoms with van der Waals surface area (Å²) in [7, 11) is 0. The average molecular weight is 261 g/mol. The highest BCUT2D eigenvalue weighted by molar-refractivity contribution is 5.76. The predicted molar refractivity (Wildman–Crippen MR) is 82.8 cm³/mol. The van der Waals surface area contributed by atoms with Crippen molar-refractivity contribution in [3.8, 4) is 22.6 Å². The molecule has 2 N–H and O–H groups in total. The summed E-state index contributed by atoms with van der Waals surface area (Å²) in [5.41, 5.74) is 8.85. The Morgan fingerprint density at radius 2 is 1.35 bits per heavy atom. The van der Waals surface area contributed by atoms with E-state index in [1.165, 1.54) is 0 Å². The number of anilines is 1. The standard InChI is InChI=1S/C18H15NO/c19-18-12-5-4-11-17(18)14-7-6-10-16(13-14)20-15-8-2-1-3-9-15/h1-13H,19H2. The maximum Gasteiger partial charge on any atom is 0.128 e. The van der Waals surface area contributed by atoms with Crippen molar-refractivity contribution in [1.29, 1.82) is 0 Å². The first-order valence-corrected chi connectivity index (χ1v) is 6.51. The summed E-state index contributed by atoms with van der Waals surface area (Å²) < 4.78 is 5.84. The topological polar surface area (TPSA) is 35.2 Å². The second-order valence-electron chi connectivity index (χ2n) is 4.53. The lowest BCUT2D eigenvalue weighted by Crippen LogP contribution is -1.90. The van der Waals surface area contributed by atoms with Crippen LogP contribution < -0.4 is 10.5 Å². The lowest BCUT2D eigenvalue weighted by atomic mass is 10.0. The number of rotatable bonds is 3. The normalized spacial score (nSPS) is 10.2. The van der Waals surface area contributed by atoms with Crippen LogP contribution in [0.15, 0.2) is 78.9 Å². The van der Waals surface area contributed by atoms with Crippen molar-refractivity contribution >= 4 is 5.69 Å². The molecule has 20 heavy (non-hydrogen) atoms. The van der Waals surface area contributed by atoms with Crippen LogP contribution in [0.5, 0.6) is 11.5 Å². The zero-order valence-electron chi connectivity index (χ0n) is 11.0. The van der Waals surface area contributed by atoms with Crippen LogP contribution in [-0.4, -0.2) is 0 Å². The van der Waals surface area contributed by atoms with Gasteiger partial charge in [0, 0.05) is 11.3 Å². The van der Waals surface area contributed by atoms with Crippen LogP contribution in [0, 0.1) is 0 Å². The number of hydrogen-bond acceptors (Lipinski definition) is 2. The average Bonchev–Trinajstić information content (AvgIpc) is 2.49. The molecule has 0 fully saturated rings. The molecule has 0 unspecified atom stereocenters. The van der Waals surface area contributed by atoms with E-state index in [1.807, 2.05) is 78.9 Å². The monoisotopic (exact) mass is 261 g/mol. The molecule has 98 valence electrons. The molecule has 0 saturated heterocycles. The van der Waals surface area contributed by atoms with E-state index >= 15 is 0 Å². The first kappa shape index (κ1) is 12.3. The summed E-state index contributed by atoms with van der Waals surface area (Å²) in [4.78, 5) is 0. The Kier molecular flexibility index (Phi) is 3.38. The van der Waals surface area contributed by atoms with Gasteiger partial charge in [-0.3, -0.25) is 0 Å². The van der Waals surface area contributed by atoms with Crippen molar-refractivity contribution in [2.75, 3.05) is 5.73 Å². The second kappa shape index (κ2) is 5.49. The predicted octanol–water partition coefficient (Wildman–Crippen LogP) is 4.73. The molecule has 0 bridgehead atoms. The van der Waals surface area contributed by atoms with Gasteiger partial charge in [-0.05, 0) is 35.9 Å². The van der Waals surface area contributed by atoms with E-state index in [9.17, 15) is 0 Å². The van der Waals surface area contributed by atoms with E-state index in [2.05, 4.69) is 0 Å². The highest BCUT2D eigenvalue weighted by atomic mass is 16.5. The molecule has 2 heteroatoms. The van der Waals surface area contributed by atoms with Gasteiger partial charge in [-0.15, -0.1) is 0 Å². The maximum atomic E-state index is 6.01. The van der Waals surface area contributed by atoms with E-state index in [0.717, 1.165) is 28.3 Å². The fourth-order valence-corrected chi connectivity index (χ4v) is 2.11. The van der Waals surface area contributed by atoms with Crippen LogP contribution in [0.2, 0.25) is 0 Å². The van der Waals surface area contributed by atoms with Crippen molar-refractivity contribution in [1.82, 2.24) is 0 Å². The lowest BCUT2D eigenvalue weighted by Gasteiger charge is -2.09. The van der Waals surface area contributed by atoms with Gasteiger partial charge in [0.05, 0.1) is 0 Å². The summed E-state index contributed by atoms with van der Waals surface area (Å²) in [5, 5.41) is 0. The highest BCUT2D eigenvalue weighted by Gasteiger charge is 2.03. The fraction of sp³-hybridized carbons (Fsp3) is 0. The van der Waals surface area contributed by atoms with Gasteiger partial charge in [-0.1, -0.05) is 48.5 Å². The Bertz CT molecular complexity index is 707. The number of hydrogen-bond donors (Lipinski definition) is 1. The van der Waals surface area contributed by atoms with Gasteiger partial charge in [0.25, 0.3) is 0 Å². The Balaban J connectivity index is 1.92. The van der Waals surface area contributed by atoms with Gasteiger partial charge in [0.15, 0.2) is 0 Å². The van der Waals surface area contributed by atoms with Crippen LogP contribution >= 0.6 is 0 Å². The molecule has 0 aliphatic heterocycles. The van der Waals surface area contributed by atoms with Crippen LogP contribution in [0.25, 0.3) is 11.1 Å². The number of para-hydroxylation sites is 2. The van der Waals surface area contributed by atoms with Crippen LogP contribution in [0.3, 0.4) is 0 Å². The molecule has 3 rings (SSSR count). The van der Waals surface area contributed by atoms with Crippen LogP contribution in [-0.2, 0) is 0 Å². The molecule has 2 nitrogen and oxygen atoms in total. The minimum atomic E-state index is 0.768. The molecule has 3 aromatic carbocycles. The molecule has 0 aliphatic rings. The molecule has 0 saturated carbocycles. The summed E-state index contributed by atoms with van der Waals surface area (Å²) >= 11 is 0. The molecule has 0 aliphatic carbocycles. The molecule has 3 aromatic rings. The van der Waals surface area contributed by atoms with E-state index in [-0.39, 0.29) is 0 Å². The van der Waals surface area contributed by atoms with Crippen LogP contribution in [0.1, 0.15) is 0 Å². The van der Waals surface area contributed by atoms with Gasteiger partial charge < -0.3 is 10.5 Å². The summed E-state index contributed by atoms with van der Waals surface area (Å²) in [6.07, 6.45) is 0. The summed E-state index contributed by atoms with van der Waals surface area (Å²) in [6, 6.07) is 25.5. The molecular weight excluding hydrogens is 246 g/mol. The minimum absolute atomic E-state index is 0.768. The molecule has 0 heterocycles. The third-order valence-electron chi connectivity index (χ3n) is 3.08. The third kappa shape index (κ3) is 2.64. The number of benzene rings is 3. The first-order valence-electron chi connectivity index (χ1n) is 6.51. The Morgan fingerprint density at radius 3 is 2.15 bits per heavy atom. The minimum Gasteiger partial charge on any atom is -0.457 e.